The molecule has 1 aromatic carbocycles. The van der Waals surface area contributed by atoms with Gasteiger partial charge >= 0.3 is 0 Å². The van der Waals surface area contributed by atoms with E-state index in [1.807, 2.05) is 47.1 Å². The van der Waals surface area contributed by atoms with Gasteiger partial charge in [-0.2, -0.15) is 0 Å². The first-order chi connectivity index (χ1) is 18.6. The van der Waals surface area contributed by atoms with Crippen LogP contribution in [0.1, 0.15) is 24.0 Å². The summed E-state index contributed by atoms with van der Waals surface area (Å²) in [4.78, 5) is 19.9. The van der Waals surface area contributed by atoms with Crippen LogP contribution >= 0.6 is 0 Å². The van der Waals surface area contributed by atoms with Crippen LogP contribution in [-0.4, -0.2) is 64.3 Å². The smallest absolute Gasteiger partial charge is 0.140 e. The fourth-order valence-corrected chi connectivity index (χ4v) is 4.64. The monoisotopic (exact) mass is 510 g/mol. The van der Waals surface area contributed by atoms with Crippen LogP contribution in [-0.2, 0) is 6.54 Å². The molecule has 9 nitrogen and oxygen atoms in total. The normalized spacial score (nSPS) is 15.4. The lowest BCUT2D eigenvalue weighted by atomic mass is 9.98. The van der Waals surface area contributed by atoms with Crippen LogP contribution in [0.4, 0.5) is 5.82 Å². The van der Waals surface area contributed by atoms with E-state index in [-0.39, 0.29) is 0 Å². The van der Waals surface area contributed by atoms with Gasteiger partial charge in [-0.1, -0.05) is 24.3 Å². The summed E-state index contributed by atoms with van der Waals surface area (Å²) in [5, 5.41) is 3.39. The summed E-state index contributed by atoms with van der Waals surface area (Å²) in [5.74, 6) is 2.20. The number of hydrogen-bond donors (Lipinski definition) is 2. The van der Waals surface area contributed by atoms with Crippen molar-refractivity contribution in [2.45, 2.75) is 19.4 Å². The minimum Gasteiger partial charge on any atom is -0.493 e. The fraction of sp³-hybridized carbons (Fsp3) is 0.310. The molecule has 0 unspecified atom stereocenters. The standard InChI is InChI=1S/C29H34N8O/c1-31-17-24(15-30)23-5-3-21(4-6-23)16-32-28-14-26(34-20-35-28)27-18-33-29-13-25(9-12-37(27)29)38-19-22-7-10-36(2)11-8-22/h3-6,9,12-15,17-18,20,22H,7-8,10-11,16,19,30H2,1-2H3,(H,32,34,35). The van der Waals surface area contributed by atoms with Gasteiger partial charge in [-0.3, -0.25) is 9.39 Å². The van der Waals surface area contributed by atoms with Gasteiger partial charge in [0.15, 0.2) is 0 Å². The lowest BCUT2D eigenvalue weighted by Gasteiger charge is -2.28. The number of benzene rings is 1. The molecule has 1 aliphatic rings. The summed E-state index contributed by atoms with van der Waals surface area (Å²) in [6.45, 7) is 3.66. The van der Waals surface area contributed by atoms with Crippen LogP contribution in [0.2, 0.25) is 0 Å². The Morgan fingerprint density at radius 2 is 1.95 bits per heavy atom. The highest BCUT2D eigenvalue weighted by atomic mass is 16.5. The minimum absolute atomic E-state index is 0.610. The molecule has 0 amide bonds. The number of piperidine rings is 1. The summed E-state index contributed by atoms with van der Waals surface area (Å²) in [7, 11) is 3.91. The number of allylic oxidation sites excluding steroid dienone is 1. The molecular formula is C29H34N8O. The van der Waals surface area contributed by atoms with Crippen molar-refractivity contribution >= 4 is 23.3 Å². The number of anilines is 1. The summed E-state index contributed by atoms with van der Waals surface area (Å²) in [6, 6.07) is 14.1. The zero-order valence-corrected chi connectivity index (χ0v) is 21.9. The highest BCUT2D eigenvalue weighted by Crippen LogP contribution is 2.24. The zero-order chi connectivity index (χ0) is 26.3. The average Bonchev–Trinajstić information content (AvgIpc) is 3.38. The van der Waals surface area contributed by atoms with E-state index in [9.17, 15) is 0 Å². The Hall–Kier alpha value is -4.24. The molecule has 4 aromatic rings. The van der Waals surface area contributed by atoms with Crippen LogP contribution < -0.4 is 15.8 Å². The number of fused-ring (bicyclic) bond motifs is 1. The Bertz CT molecular complexity index is 1420. The predicted molar refractivity (Wildman–Crippen MR) is 152 cm³/mol. The van der Waals surface area contributed by atoms with Crippen LogP contribution in [0.3, 0.4) is 0 Å². The van der Waals surface area contributed by atoms with E-state index in [1.165, 1.54) is 12.8 Å². The van der Waals surface area contributed by atoms with Crippen molar-refractivity contribution in [3.8, 4) is 17.1 Å². The Balaban J connectivity index is 1.23. The molecule has 0 spiro atoms. The Kier molecular flexibility index (Phi) is 7.94. The van der Waals surface area contributed by atoms with E-state index in [1.54, 1.807) is 25.8 Å². The number of likely N-dealkylation sites (tertiary alicyclic amines) is 1. The van der Waals surface area contributed by atoms with Crippen LogP contribution in [0.15, 0.2) is 72.4 Å². The van der Waals surface area contributed by atoms with Crippen molar-refractivity contribution < 1.29 is 4.74 Å². The quantitative estimate of drug-likeness (QED) is 0.326. The summed E-state index contributed by atoms with van der Waals surface area (Å²) < 4.78 is 8.14. The van der Waals surface area contributed by atoms with Gasteiger partial charge in [0, 0.05) is 49.9 Å². The SMILES string of the molecule is CN=CC(=CN)c1ccc(CNc2cc(-c3cnc4cc(OCC5CCN(C)CC5)ccn34)ncn2)cc1. The molecular weight excluding hydrogens is 476 g/mol. The van der Waals surface area contributed by atoms with Gasteiger partial charge in [0.1, 0.15) is 23.5 Å². The number of pyridine rings is 1. The molecule has 0 aliphatic carbocycles. The number of ether oxygens (including phenoxy) is 1. The van der Waals surface area contributed by atoms with Gasteiger partial charge in [-0.05, 0) is 56.1 Å². The van der Waals surface area contributed by atoms with E-state index >= 15 is 0 Å². The molecule has 3 aromatic heterocycles. The summed E-state index contributed by atoms with van der Waals surface area (Å²) in [6.07, 6.45) is 11.1. The molecule has 0 atom stereocenters. The first-order valence-electron chi connectivity index (χ1n) is 12.9. The number of rotatable bonds is 9. The number of hydrogen-bond acceptors (Lipinski definition) is 8. The predicted octanol–water partition coefficient (Wildman–Crippen LogP) is 4.12. The van der Waals surface area contributed by atoms with Gasteiger partial charge in [0.2, 0.25) is 0 Å². The first-order valence-corrected chi connectivity index (χ1v) is 12.9. The van der Waals surface area contributed by atoms with E-state index < -0.39 is 0 Å². The minimum atomic E-state index is 0.610. The molecule has 5 rings (SSSR count). The second-order valence-electron chi connectivity index (χ2n) is 9.64. The second-order valence-corrected chi connectivity index (χ2v) is 9.64. The Labute approximate surface area is 223 Å². The maximum atomic E-state index is 6.11. The summed E-state index contributed by atoms with van der Waals surface area (Å²) >= 11 is 0. The highest BCUT2D eigenvalue weighted by molar-refractivity contribution is 6.09. The number of imidazole rings is 1. The van der Waals surface area contributed by atoms with E-state index in [0.29, 0.717) is 12.5 Å². The number of nitrogens with two attached hydrogens (primary N) is 1. The van der Waals surface area contributed by atoms with Crippen molar-refractivity contribution in [1.29, 1.82) is 0 Å². The molecule has 4 heterocycles. The Morgan fingerprint density at radius 1 is 1.13 bits per heavy atom. The van der Waals surface area contributed by atoms with E-state index in [0.717, 1.165) is 65.0 Å². The molecule has 9 heteroatoms. The first kappa shape index (κ1) is 25.4. The third-order valence-electron chi connectivity index (χ3n) is 6.95. The molecule has 0 saturated carbocycles. The molecule has 1 aliphatic heterocycles. The maximum absolute atomic E-state index is 6.11. The summed E-state index contributed by atoms with van der Waals surface area (Å²) in [5.41, 5.74) is 11.3. The van der Waals surface area contributed by atoms with Gasteiger partial charge in [0.05, 0.1) is 24.2 Å². The average molecular weight is 511 g/mol. The van der Waals surface area contributed by atoms with E-state index in [4.69, 9.17) is 10.5 Å². The highest BCUT2D eigenvalue weighted by Gasteiger charge is 2.17. The van der Waals surface area contributed by atoms with E-state index in [2.05, 4.69) is 49.3 Å². The molecule has 0 radical (unpaired) electrons. The van der Waals surface area contributed by atoms with Gasteiger partial charge in [0.25, 0.3) is 0 Å². The van der Waals surface area contributed by atoms with Gasteiger partial charge < -0.3 is 20.7 Å². The maximum Gasteiger partial charge on any atom is 0.140 e. The zero-order valence-electron chi connectivity index (χ0n) is 21.9. The largest absolute Gasteiger partial charge is 0.493 e. The third-order valence-corrected chi connectivity index (χ3v) is 6.95. The number of aromatic nitrogens is 4. The van der Waals surface area contributed by atoms with Gasteiger partial charge in [-0.25, -0.2) is 15.0 Å². The van der Waals surface area contributed by atoms with Crippen molar-refractivity contribution in [2.24, 2.45) is 16.6 Å². The lowest BCUT2D eigenvalue weighted by Crippen LogP contribution is -2.32. The number of nitrogens with one attached hydrogen (secondary N) is 1. The topological polar surface area (TPSA) is 106 Å². The number of nitrogens with zero attached hydrogens (tertiary/aromatic N) is 6. The third kappa shape index (κ3) is 6.00. The Morgan fingerprint density at radius 3 is 2.71 bits per heavy atom. The van der Waals surface area contributed by atoms with Crippen LogP contribution in [0.25, 0.3) is 22.6 Å². The fourth-order valence-electron chi connectivity index (χ4n) is 4.64. The molecule has 38 heavy (non-hydrogen) atoms. The molecule has 1 fully saturated rings. The molecule has 1 saturated heterocycles. The van der Waals surface area contributed by atoms with Crippen LogP contribution in [0, 0.1) is 5.92 Å². The van der Waals surface area contributed by atoms with Crippen LogP contribution in [0.5, 0.6) is 5.75 Å². The molecule has 3 N–H and O–H groups in total. The molecule has 196 valence electrons. The van der Waals surface area contributed by atoms with Crippen molar-refractivity contribution in [3.05, 3.63) is 78.5 Å². The number of aliphatic imine (C=N–C) groups is 1. The second kappa shape index (κ2) is 11.9. The van der Waals surface area contributed by atoms with Crippen molar-refractivity contribution in [1.82, 2.24) is 24.3 Å². The lowest BCUT2D eigenvalue weighted by molar-refractivity contribution is 0.160. The molecule has 0 bridgehead atoms. The van der Waals surface area contributed by atoms with Crippen molar-refractivity contribution in [3.63, 3.8) is 0 Å². The van der Waals surface area contributed by atoms with Crippen molar-refractivity contribution in [2.75, 3.05) is 39.1 Å². The van der Waals surface area contributed by atoms with Gasteiger partial charge in [-0.15, -0.1) is 0 Å².